The number of rotatable bonds is 6. The number of hydrogen-bond acceptors (Lipinski definition) is 3. The highest BCUT2D eigenvalue weighted by atomic mass is 16.5. The monoisotopic (exact) mass is 335 g/mol. The molecule has 4 heteroatoms. The summed E-state index contributed by atoms with van der Waals surface area (Å²) >= 11 is 0. The second kappa shape index (κ2) is 7.71. The minimum atomic E-state index is -0.156. The van der Waals surface area contributed by atoms with Crippen molar-refractivity contribution < 1.29 is 14.3 Å². The van der Waals surface area contributed by atoms with Gasteiger partial charge in [0, 0.05) is 0 Å². The van der Waals surface area contributed by atoms with Gasteiger partial charge >= 0.3 is 0 Å². The Hall–Kier alpha value is -3.01. The normalized spacial score (nSPS) is 11.8. The van der Waals surface area contributed by atoms with Crippen molar-refractivity contribution in [2.75, 3.05) is 13.7 Å². The Bertz CT molecular complexity index is 858. The highest BCUT2D eigenvalue weighted by Gasteiger charge is 2.10. The number of methoxy groups -OCH3 is 1. The fraction of sp³-hybridized carbons (Fsp3) is 0.190. The molecule has 128 valence electrons. The summed E-state index contributed by atoms with van der Waals surface area (Å²) in [5.41, 5.74) is 1.01. The molecule has 0 aliphatic heterocycles. The van der Waals surface area contributed by atoms with Crippen molar-refractivity contribution in [3.05, 3.63) is 72.3 Å². The van der Waals surface area contributed by atoms with Crippen LogP contribution < -0.4 is 14.8 Å². The summed E-state index contributed by atoms with van der Waals surface area (Å²) in [4.78, 5) is 12.1. The Morgan fingerprint density at radius 2 is 1.64 bits per heavy atom. The molecule has 1 unspecified atom stereocenters. The molecule has 1 atom stereocenters. The summed E-state index contributed by atoms with van der Waals surface area (Å²) < 4.78 is 10.8. The number of benzene rings is 3. The molecule has 0 radical (unpaired) electrons. The molecule has 3 aromatic rings. The van der Waals surface area contributed by atoms with Crippen molar-refractivity contribution in [2.24, 2.45) is 0 Å². The van der Waals surface area contributed by atoms with Gasteiger partial charge in [-0.15, -0.1) is 0 Å². The fourth-order valence-electron chi connectivity index (χ4n) is 2.67. The molecule has 1 amide bonds. The van der Waals surface area contributed by atoms with Gasteiger partial charge in [-0.3, -0.25) is 4.79 Å². The summed E-state index contributed by atoms with van der Waals surface area (Å²) in [7, 11) is 1.63. The number of fused-ring (bicyclic) bond motifs is 1. The first-order valence-electron chi connectivity index (χ1n) is 8.20. The van der Waals surface area contributed by atoms with E-state index >= 15 is 0 Å². The van der Waals surface area contributed by atoms with Gasteiger partial charge in [-0.1, -0.05) is 42.5 Å². The van der Waals surface area contributed by atoms with E-state index in [9.17, 15) is 4.79 Å². The highest BCUT2D eigenvalue weighted by molar-refractivity contribution is 5.84. The average Bonchev–Trinajstić information content (AvgIpc) is 2.66. The number of carbonyl (C=O) groups is 1. The number of amides is 1. The molecule has 0 saturated carbocycles. The van der Waals surface area contributed by atoms with Crippen LogP contribution in [0.3, 0.4) is 0 Å². The van der Waals surface area contributed by atoms with Crippen LogP contribution in [0.1, 0.15) is 18.5 Å². The Morgan fingerprint density at radius 3 is 2.36 bits per heavy atom. The van der Waals surface area contributed by atoms with Crippen LogP contribution in [0.5, 0.6) is 11.5 Å². The third-order valence-corrected chi connectivity index (χ3v) is 4.08. The standard InChI is InChI=1S/C21H21NO3/c1-15(16-7-10-19(24-2)11-8-16)22-21(23)14-25-20-12-9-17-5-3-4-6-18(17)13-20/h3-13,15H,14H2,1-2H3,(H,22,23). The van der Waals surface area contributed by atoms with Crippen LogP contribution in [0.25, 0.3) is 10.8 Å². The van der Waals surface area contributed by atoms with Crippen LogP contribution in [0.4, 0.5) is 0 Å². The lowest BCUT2D eigenvalue weighted by molar-refractivity contribution is -0.123. The molecule has 0 aliphatic carbocycles. The van der Waals surface area contributed by atoms with Crippen molar-refractivity contribution in [3.8, 4) is 11.5 Å². The Morgan fingerprint density at radius 1 is 0.960 bits per heavy atom. The zero-order valence-corrected chi connectivity index (χ0v) is 14.4. The van der Waals surface area contributed by atoms with Gasteiger partial charge < -0.3 is 14.8 Å². The molecular formula is C21H21NO3. The number of nitrogens with one attached hydrogen (secondary N) is 1. The molecule has 1 N–H and O–H groups in total. The van der Waals surface area contributed by atoms with Crippen molar-refractivity contribution in [1.82, 2.24) is 5.32 Å². The molecule has 3 rings (SSSR count). The van der Waals surface area contributed by atoms with E-state index in [0.29, 0.717) is 5.75 Å². The molecule has 4 nitrogen and oxygen atoms in total. The van der Waals surface area contributed by atoms with Gasteiger partial charge in [0.1, 0.15) is 11.5 Å². The first kappa shape index (κ1) is 16.8. The van der Waals surface area contributed by atoms with Crippen LogP contribution >= 0.6 is 0 Å². The van der Waals surface area contributed by atoms with E-state index in [2.05, 4.69) is 5.32 Å². The summed E-state index contributed by atoms with van der Waals surface area (Å²) in [5, 5.41) is 5.17. The van der Waals surface area contributed by atoms with Gasteiger partial charge in [0.15, 0.2) is 6.61 Å². The Balaban J connectivity index is 1.55. The van der Waals surface area contributed by atoms with E-state index in [1.807, 2.05) is 73.7 Å². The predicted molar refractivity (Wildman–Crippen MR) is 99.0 cm³/mol. The molecule has 0 saturated heterocycles. The molecule has 0 fully saturated rings. The minimum absolute atomic E-state index is 0.0150. The number of ether oxygens (including phenoxy) is 2. The predicted octanol–water partition coefficient (Wildman–Crippen LogP) is 4.10. The third-order valence-electron chi connectivity index (χ3n) is 4.08. The van der Waals surface area contributed by atoms with Crippen molar-refractivity contribution in [1.29, 1.82) is 0 Å². The van der Waals surface area contributed by atoms with Gasteiger partial charge in [-0.2, -0.15) is 0 Å². The third kappa shape index (κ3) is 4.29. The maximum atomic E-state index is 12.1. The average molecular weight is 335 g/mol. The van der Waals surface area contributed by atoms with E-state index < -0.39 is 0 Å². The highest BCUT2D eigenvalue weighted by Crippen LogP contribution is 2.21. The zero-order valence-electron chi connectivity index (χ0n) is 14.4. The first-order valence-corrected chi connectivity index (χ1v) is 8.20. The maximum Gasteiger partial charge on any atom is 0.258 e. The van der Waals surface area contributed by atoms with Crippen LogP contribution in [0.15, 0.2) is 66.7 Å². The van der Waals surface area contributed by atoms with Gasteiger partial charge in [-0.25, -0.2) is 0 Å². The molecule has 3 aromatic carbocycles. The fourth-order valence-corrected chi connectivity index (χ4v) is 2.67. The van der Waals surface area contributed by atoms with Crippen LogP contribution in [-0.4, -0.2) is 19.6 Å². The molecule has 0 aromatic heterocycles. The maximum absolute atomic E-state index is 12.1. The second-order valence-electron chi connectivity index (χ2n) is 5.86. The van der Waals surface area contributed by atoms with Gasteiger partial charge in [0.2, 0.25) is 0 Å². The minimum Gasteiger partial charge on any atom is -0.497 e. The lowest BCUT2D eigenvalue weighted by Gasteiger charge is -2.15. The second-order valence-corrected chi connectivity index (χ2v) is 5.86. The van der Waals surface area contributed by atoms with Gasteiger partial charge in [-0.05, 0) is 47.5 Å². The van der Waals surface area contributed by atoms with E-state index in [0.717, 1.165) is 22.1 Å². The van der Waals surface area contributed by atoms with Crippen molar-refractivity contribution >= 4 is 16.7 Å². The van der Waals surface area contributed by atoms with Crippen molar-refractivity contribution in [3.63, 3.8) is 0 Å². The topological polar surface area (TPSA) is 47.6 Å². The SMILES string of the molecule is COc1ccc(C(C)NC(=O)COc2ccc3ccccc3c2)cc1. The van der Waals surface area contributed by atoms with E-state index in [4.69, 9.17) is 9.47 Å². The molecular weight excluding hydrogens is 314 g/mol. The molecule has 0 bridgehead atoms. The quantitative estimate of drug-likeness (QED) is 0.737. The summed E-state index contributed by atoms with van der Waals surface area (Å²) in [5.74, 6) is 1.32. The van der Waals surface area contributed by atoms with Crippen LogP contribution in [-0.2, 0) is 4.79 Å². The summed E-state index contributed by atoms with van der Waals surface area (Å²) in [6.45, 7) is 1.93. The van der Waals surface area contributed by atoms with E-state index in [-0.39, 0.29) is 18.6 Å². The summed E-state index contributed by atoms with van der Waals surface area (Å²) in [6.07, 6.45) is 0. The van der Waals surface area contributed by atoms with E-state index in [1.54, 1.807) is 7.11 Å². The largest absolute Gasteiger partial charge is 0.497 e. The lowest BCUT2D eigenvalue weighted by atomic mass is 10.1. The lowest BCUT2D eigenvalue weighted by Crippen LogP contribution is -2.31. The van der Waals surface area contributed by atoms with Gasteiger partial charge in [0.25, 0.3) is 5.91 Å². The molecule has 25 heavy (non-hydrogen) atoms. The Labute approximate surface area is 147 Å². The van der Waals surface area contributed by atoms with Crippen LogP contribution in [0, 0.1) is 0 Å². The summed E-state index contributed by atoms with van der Waals surface area (Å²) in [6, 6.07) is 21.4. The van der Waals surface area contributed by atoms with Crippen molar-refractivity contribution in [2.45, 2.75) is 13.0 Å². The van der Waals surface area contributed by atoms with Gasteiger partial charge in [0.05, 0.1) is 13.2 Å². The first-order chi connectivity index (χ1) is 12.2. The number of carbonyl (C=O) groups excluding carboxylic acids is 1. The molecule has 0 spiro atoms. The molecule has 0 heterocycles. The number of hydrogen-bond donors (Lipinski definition) is 1. The molecule has 0 aliphatic rings. The zero-order chi connectivity index (χ0) is 17.6. The smallest absolute Gasteiger partial charge is 0.258 e. The van der Waals surface area contributed by atoms with E-state index in [1.165, 1.54) is 0 Å². The Kier molecular flexibility index (Phi) is 5.19. The van der Waals surface area contributed by atoms with Crippen LogP contribution in [0.2, 0.25) is 0 Å².